The van der Waals surface area contributed by atoms with Crippen LogP contribution in [0.3, 0.4) is 0 Å². The van der Waals surface area contributed by atoms with Gasteiger partial charge in [-0.05, 0) is 26.0 Å². The highest BCUT2D eigenvalue weighted by Crippen LogP contribution is 2.09. The summed E-state index contributed by atoms with van der Waals surface area (Å²) in [5, 5.41) is 0. The molecule has 0 atom stereocenters. The molecule has 0 bridgehead atoms. The number of aryl methyl sites for hydroxylation is 2. The number of carbonyl (C=O) groups excluding carboxylic acids is 3. The maximum atomic E-state index is 11.7. The van der Waals surface area contributed by atoms with Gasteiger partial charge >= 0.3 is 5.97 Å². The fourth-order valence-corrected chi connectivity index (χ4v) is 1.50. The first-order valence-corrected chi connectivity index (χ1v) is 5.69. The van der Waals surface area contributed by atoms with Gasteiger partial charge in [0.2, 0.25) is 5.91 Å². The van der Waals surface area contributed by atoms with Gasteiger partial charge in [0.25, 0.3) is 5.91 Å². The van der Waals surface area contributed by atoms with Crippen LogP contribution in [0.5, 0.6) is 0 Å². The lowest BCUT2D eigenvalue weighted by molar-refractivity contribution is -0.129. The summed E-state index contributed by atoms with van der Waals surface area (Å²) >= 11 is 0. The van der Waals surface area contributed by atoms with Crippen LogP contribution in [0.15, 0.2) is 18.2 Å². The van der Waals surface area contributed by atoms with E-state index in [1.165, 1.54) is 6.92 Å². The van der Waals surface area contributed by atoms with E-state index in [-0.39, 0.29) is 0 Å². The highest BCUT2D eigenvalue weighted by Gasteiger charge is 2.11. The Morgan fingerprint density at radius 1 is 1.05 bits per heavy atom. The fraction of sp³-hybridized carbons (Fsp3) is 0.308. The Balaban J connectivity index is 2.51. The minimum absolute atomic E-state index is 0.393. The molecule has 0 radical (unpaired) electrons. The predicted octanol–water partition coefficient (Wildman–Crippen LogP) is 0.628. The van der Waals surface area contributed by atoms with Crippen LogP contribution in [0.25, 0.3) is 0 Å². The van der Waals surface area contributed by atoms with E-state index in [0.29, 0.717) is 5.56 Å². The Kier molecular flexibility index (Phi) is 5.05. The van der Waals surface area contributed by atoms with Crippen LogP contribution in [0, 0.1) is 13.8 Å². The lowest BCUT2D eigenvalue weighted by Gasteiger charge is -2.07. The van der Waals surface area contributed by atoms with Crippen molar-refractivity contribution in [3.63, 3.8) is 0 Å². The van der Waals surface area contributed by atoms with Gasteiger partial charge in [-0.3, -0.25) is 20.4 Å². The molecule has 0 saturated carbocycles. The molecule has 0 saturated heterocycles. The number of hydrogen-bond donors (Lipinski definition) is 2. The third kappa shape index (κ3) is 5.20. The first kappa shape index (κ1) is 14.7. The molecule has 2 N–H and O–H groups in total. The zero-order chi connectivity index (χ0) is 14.4. The highest BCUT2D eigenvalue weighted by molar-refractivity contribution is 5.91. The molecule has 102 valence electrons. The van der Waals surface area contributed by atoms with Crippen LogP contribution in [0.1, 0.15) is 28.4 Å². The molecule has 0 aliphatic heterocycles. The minimum atomic E-state index is -0.604. The Labute approximate surface area is 111 Å². The van der Waals surface area contributed by atoms with Crippen molar-refractivity contribution >= 4 is 17.8 Å². The Hall–Kier alpha value is -2.37. The maximum Gasteiger partial charge on any atom is 0.338 e. The molecular weight excluding hydrogens is 248 g/mol. The van der Waals surface area contributed by atoms with Crippen molar-refractivity contribution in [2.45, 2.75) is 20.8 Å². The van der Waals surface area contributed by atoms with E-state index in [4.69, 9.17) is 4.74 Å². The Morgan fingerprint density at radius 3 is 2.16 bits per heavy atom. The molecule has 2 amide bonds. The second-order valence-electron chi connectivity index (χ2n) is 4.18. The van der Waals surface area contributed by atoms with E-state index in [0.717, 1.165) is 11.1 Å². The molecule has 6 heteroatoms. The van der Waals surface area contributed by atoms with Crippen molar-refractivity contribution in [2.24, 2.45) is 0 Å². The minimum Gasteiger partial charge on any atom is -0.452 e. The van der Waals surface area contributed by atoms with Gasteiger partial charge in [-0.2, -0.15) is 0 Å². The average Bonchev–Trinajstić information content (AvgIpc) is 2.32. The summed E-state index contributed by atoms with van der Waals surface area (Å²) in [6.45, 7) is 4.54. The molecule has 6 nitrogen and oxygen atoms in total. The standard InChI is InChI=1S/C13H16N2O4/c1-8-4-9(2)6-11(5-8)13(18)19-7-12(17)15-14-10(3)16/h4-6H,7H2,1-3H3,(H,14,16)(H,15,17). The summed E-state index contributed by atoms with van der Waals surface area (Å²) in [6, 6.07) is 5.29. The highest BCUT2D eigenvalue weighted by atomic mass is 16.5. The number of amides is 2. The van der Waals surface area contributed by atoms with Crippen molar-refractivity contribution in [3.8, 4) is 0 Å². The van der Waals surface area contributed by atoms with Gasteiger partial charge in [0.15, 0.2) is 6.61 Å². The Morgan fingerprint density at radius 2 is 1.63 bits per heavy atom. The number of benzene rings is 1. The van der Waals surface area contributed by atoms with E-state index < -0.39 is 24.4 Å². The fourth-order valence-electron chi connectivity index (χ4n) is 1.50. The van der Waals surface area contributed by atoms with Crippen LogP contribution in [0.4, 0.5) is 0 Å². The van der Waals surface area contributed by atoms with Gasteiger partial charge in [0, 0.05) is 6.92 Å². The number of nitrogens with one attached hydrogen (secondary N) is 2. The van der Waals surface area contributed by atoms with Gasteiger partial charge in [0.1, 0.15) is 0 Å². The first-order valence-electron chi connectivity index (χ1n) is 5.69. The number of carbonyl (C=O) groups is 3. The summed E-state index contributed by atoms with van der Waals surface area (Å²) < 4.78 is 4.83. The molecule has 1 aromatic rings. The molecule has 1 rings (SSSR count). The van der Waals surface area contributed by atoms with Crippen molar-refractivity contribution in [1.82, 2.24) is 10.9 Å². The van der Waals surface area contributed by atoms with E-state index in [2.05, 4.69) is 10.9 Å². The zero-order valence-electron chi connectivity index (χ0n) is 11.1. The number of rotatable bonds is 3. The smallest absolute Gasteiger partial charge is 0.338 e. The van der Waals surface area contributed by atoms with Crippen LogP contribution in [-0.2, 0) is 14.3 Å². The van der Waals surface area contributed by atoms with Crippen LogP contribution < -0.4 is 10.9 Å². The van der Waals surface area contributed by atoms with Crippen LogP contribution in [-0.4, -0.2) is 24.4 Å². The molecule has 0 unspecified atom stereocenters. The van der Waals surface area contributed by atoms with E-state index in [9.17, 15) is 14.4 Å². The molecule has 0 aromatic heterocycles. The van der Waals surface area contributed by atoms with Gasteiger partial charge in [-0.15, -0.1) is 0 Å². The second kappa shape index (κ2) is 6.53. The monoisotopic (exact) mass is 264 g/mol. The number of hydrogen-bond acceptors (Lipinski definition) is 4. The number of esters is 1. The Bertz CT molecular complexity index is 491. The topological polar surface area (TPSA) is 84.5 Å². The number of hydrazine groups is 1. The van der Waals surface area contributed by atoms with Crippen molar-refractivity contribution in [1.29, 1.82) is 0 Å². The molecule has 0 spiro atoms. The van der Waals surface area contributed by atoms with Crippen molar-refractivity contribution in [2.75, 3.05) is 6.61 Å². The molecular formula is C13H16N2O4. The summed E-state index contributed by atoms with van der Waals surface area (Å²) in [5.41, 5.74) is 6.47. The maximum absolute atomic E-state index is 11.7. The third-order valence-electron chi connectivity index (χ3n) is 2.17. The quantitative estimate of drug-likeness (QED) is 0.619. The van der Waals surface area contributed by atoms with E-state index in [1.54, 1.807) is 12.1 Å². The molecule has 0 heterocycles. The van der Waals surface area contributed by atoms with E-state index >= 15 is 0 Å². The van der Waals surface area contributed by atoms with Crippen molar-refractivity contribution in [3.05, 3.63) is 34.9 Å². The lowest BCUT2D eigenvalue weighted by Crippen LogP contribution is -2.42. The lowest BCUT2D eigenvalue weighted by atomic mass is 10.1. The molecule has 0 aliphatic rings. The summed E-state index contributed by atoms with van der Waals surface area (Å²) in [4.78, 5) is 33.5. The third-order valence-corrected chi connectivity index (χ3v) is 2.17. The van der Waals surface area contributed by atoms with Crippen molar-refractivity contribution < 1.29 is 19.1 Å². The van der Waals surface area contributed by atoms with Crippen LogP contribution in [0.2, 0.25) is 0 Å². The first-order chi connectivity index (χ1) is 8.88. The molecule has 19 heavy (non-hydrogen) atoms. The average molecular weight is 264 g/mol. The SMILES string of the molecule is CC(=O)NNC(=O)COC(=O)c1cc(C)cc(C)c1. The molecule has 0 fully saturated rings. The van der Waals surface area contributed by atoms with Gasteiger partial charge < -0.3 is 4.74 Å². The number of ether oxygens (including phenoxy) is 1. The van der Waals surface area contributed by atoms with Gasteiger partial charge in [-0.25, -0.2) is 4.79 Å². The van der Waals surface area contributed by atoms with E-state index in [1.807, 2.05) is 19.9 Å². The second-order valence-corrected chi connectivity index (χ2v) is 4.18. The summed E-state index contributed by atoms with van der Waals surface area (Å²) in [7, 11) is 0. The predicted molar refractivity (Wildman–Crippen MR) is 68.2 cm³/mol. The zero-order valence-corrected chi connectivity index (χ0v) is 11.1. The largest absolute Gasteiger partial charge is 0.452 e. The van der Waals surface area contributed by atoms with Crippen LogP contribution >= 0.6 is 0 Å². The van der Waals surface area contributed by atoms with Gasteiger partial charge in [-0.1, -0.05) is 17.2 Å². The summed E-state index contributed by atoms with van der Waals surface area (Å²) in [6.07, 6.45) is 0. The molecule has 1 aromatic carbocycles. The molecule has 0 aliphatic carbocycles. The normalized spacial score (nSPS) is 9.63. The summed E-state index contributed by atoms with van der Waals surface area (Å²) in [5.74, 6) is -1.59. The van der Waals surface area contributed by atoms with Gasteiger partial charge in [0.05, 0.1) is 5.56 Å².